The summed E-state index contributed by atoms with van der Waals surface area (Å²) < 4.78 is 10.8. The molecule has 1 aromatic rings. The van der Waals surface area contributed by atoms with Gasteiger partial charge in [0.25, 0.3) is 5.91 Å². The van der Waals surface area contributed by atoms with Crippen molar-refractivity contribution in [3.05, 3.63) is 29.8 Å². The highest BCUT2D eigenvalue weighted by Gasteiger charge is 2.23. The van der Waals surface area contributed by atoms with E-state index in [1.807, 2.05) is 31.2 Å². The van der Waals surface area contributed by atoms with E-state index < -0.39 is 0 Å². The number of carbonyl (C=O) groups is 1. The van der Waals surface area contributed by atoms with Crippen LogP contribution in [0.2, 0.25) is 0 Å². The van der Waals surface area contributed by atoms with Crippen LogP contribution in [0, 0.1) is 0 Å². The summed E-state index contributed by atoms with van der Waals surface area (Å²) in [6, 6.07) is 7.81. The maximum atomic E-state index is 12.2. The minimum absolute atomic E-state index is 0.0675. The van der Waals surface area contributed by atoms with Gasteiger partial charge in [-0.05, 0) is 50.3 Å². The highest BCUT2D eigenvalue weighted by molar-refractivity contribution is 5.94. The number of carbonyl (C=O) groups excluding carboxylic acids is 1. The number of ether oxygens (including phenoxy) is 2. The second kappa shape index (κ2) is 12.3. The molecule has 1 unspecified atom stereocenters. The molecule has 0 saturated carbocycles. The number of amides is 1. The van der Waals surface area contributed by atoms with Crippen molar-refractivity contribution in [3.8, 4) is 0 Å². The molecule has 2 rings (SSSR count). The normalized spacial score (nSPS) is 17.0. The van der Waals surface area contributed by atoms with E-state index in [4.69, 9.17) is 9.47 Å². The molecule has 1 amide bonds. The van der Waals surface area contributed by atoms with Crippen molar-refractivity contribution >= 4 is 17.6 Å². The molecule has 1 aliphatic heterocycles. The molecule has 1 fully saturated rings. The zero-order valence-corrected chi connectivity index (χ0v) is 16.4. The van der Waals surface area contributed by atoms with Gasteiger partial charge in [0.05, 0.1) is 0 Å². The molecule has 150 valence electrons. The van der Waals surface area contributed by atoms with Crippen molar-refractivity contribution in [2.24, 2.45) is 4.99 Å². The first-order valence-corrected chi connectivity index (χ1v) is 9.76. The van der Waals surface area contributed by atoms with Crippen molar-refractivity contribution in [1.29, 1.82) is 0 Å². The van der Waals surface area contributed by atoms with Crippen LogP contribution in [-0.2, 0) is 20.8 Å². The molecule has 0 aliphatic carbocycles. The van der Waals surface area contributed by atoms with Crippen LogP contribution < -0.4 is 16.0 Å². The summed E-state index contributed by atoms with van der Waals surface area (Å²) in [6.45, 7) is 5.72. The van der Waals surface area contributed by atoms with Crippen LogP contribution in [0.25, 0.3) is 0 Å². The average Bonchev–Trinajstić information content (AvgIpc) is 3.22. The van der Waals surface area contributed by atoms with Gasteiger partial charge < -0.3 is 25.4 Å². The molecule has 7 nitrogen and oxygen atoms in total. The lowest BCUT2D eigenvalue weighted by atomic mass is 10.2. The highest BCUT2D eigenvalue weighted by Crippen LogP contribution is 2.16. The largest absolute Gasteiger partial charge is 0.382 e. The molecule has 1 aliphatic rings. The van der Waals surface area contributed by atoms with Gasteiger partial charge in [0.1, 0.15) is 6.10 Å². The van der Waals surface area contributed by atoms with Gasteiger partial charge in [-0.1, -0.05) is 12.1 Å². The lowest BCUT2D eigenvalue weighted by Crippen LogP contribution is -2.37. The molecule has 3 N–H and O–H groups in total. The standard InChI is InChI=1S/C20H32N4O3/c1-3-26-12-5-4-11-22-20(21-2)23-15-16-8-6-9-17(14-16)24-19(25)18-10-7-13-27-18/h6,8-9,14,18H,3-5,7,10-13,15H2,1-2H3,(H,24,25)(H2,21,22,23). The van der Waals surface area contributed by atoms with Gasteiger partial charge >= 0.3 is 0 Å². The molecule has 1 heterocycles. The molecule has 0 aromatic heterocycles. The number of guanidine groups is 1. The number of anilines is 1. The Bertz CT molecular complexity index is 601. The monoisotopic (exact) mass is 376 g/mol. The maximum Gasteiger partial charge on any atom is 0.253 e. The van der Waals surface area contributed by atoms with Crippen molar-refractivity contribution in [1.82, 2.24) is 10.6 Å². The van der Waals surface area contributed by atoms with E-state index in [-0.39, 0.29) is 12.0 Å². The Kier molecular flexibility index (Phi) is 9.65. The van der Waals surface area contributed by atoms with Crippen molar-refractivity contribution < 1.29 is 14.3 Å². The number of benzene rings is 1. The predicted molar refractivity (Wildman–Crippen MR) is 108 cm³/mol. The topological polar surface area (TPSA) is 84.0 Å². The second-order valence-electron chi connectivity index (χ2n) is 6.45. The van der Waals surface area contributed by atoms with E-state index in [9.17, 15) is 4.79 Å². The molecule has 0 spiro atoms. The molecule has 1 atom stereocenters. The summed E-state index contributed by atoms with van der Waals surface area (Å²) in [7, 11) is 1.76. The minimum Gasteiger partial charge on any atom is -0.382 e. The van der Waals surface area contributed by atoms with Crippen LogP contribution >= 0.6 is 0 Å². The van der Waals surface area contributed by atoms with Crippen LogP contribution in [0.3, 0.4) is 0 Å². The zero-order chi connectivity index (χ0) is 19.3. The minimum atomic E-state index is -0.322. The molecule has 1 aromatic carbocycles. The van der Waals surface area contributed by atoms with Crippen molar-refractivity contribution in [2.75, 3.05) is 38.7 Å². The lowest BCUT2D eigenvalue weighted by Gasteiger charge is -2.14. The highest BCUT2D eigenvalue weighted by atomic mass is 16.5. The van der Waals surface area contributed by atoms with Gasteiger partial charge in [0.15, 0.2) is 5.96 Å². The van der Waals surface area contributed by atoms with E-state index in [1.54, 1.807) is 7.05 Å². The molecular formula is C20H32N4O3. The third-order valence-electron chi connectivity index (χ3n) is 4.31. The van der Waals surface area contributed by atoms with E-state index in [2.05, 4.69) is 20.9 Å². The van der Waals surface area contributed by atoms with Crippen LogP contribution in [0.1, 0.15) is 38.2 Å². The number of hydrogen-bond donors (Lipinski definition) is 3. The van der Waals surface area contributed by atoms with Crippen molar-refractivity contribution in [2.45, 2.75) is 45.3 Å². The van der Waals surface area contributed by atoms with Gasteiger partial charge in [-0.2, -0.15) is 0 Å². The van der Waals surface area contributed by atoms with Crippen LogP contribution in [0.5, 0.6) is 0 Å². The SMILES string of the molecule is CCOCCCCNC(=NC)NCc1cccc(NC(=O)C2CCCO2)c1. The quantitative estimate of drug-likeness (QED) is 0.331. The maximum absolute atomic E-state index is 12.2. The average molecular weight is 377 g/mol. The summed E-state index contributed by atoms with van der Waals surface area (Å²) >= 11 is 0. The Labute approximate surface area is 161 Å². The van der Waals surface area contributed by atoms with Crippen LogP contribution in [0.4, 0.5) is 5.69 Å². The Balaban J connectivity index is 1.73. The molecule has 27 heavy (non-hydrogen) atoms. The van der Waals surface area contributed by atoms with Gasteiger partial charge in [-0.3, -0.25) is 9.79 Å². The Morgan fingerprint density at radius 1 is 1.33 bits per heavy atom. The van der Waals surface area contributed by atoms with Gasteiger partial charge in [-0.15, -0.1) is 0 Å². The molecule has 1 saturated heterocycles. The number of nitrogens with one attached hydrogen (secondary N) is 3. The van der Waals surface area contributed by atoms with E-state index in [0.29, 0.717) is 13.2 Å². The Morgan fingerprint density at radius 2 is 2.22 bits per heavy atom. The third-order valence-corrected chi connectivity index (χ3v) is 4.31. The molecular weight excluding hydrogens is 344 g/mol. The fraction of sp³-hybridized carbons (Fsp3) is 0.600. The smallest absolute Gasteiger partial charge is 0.253 e. The molecule has 0 radical (unpaired) electrons. The number of aliphatic imine (C=N–C) groups is 1. The van der Waals surface area contributed by atoms with E-state index >= 15 is 0 Å². The fourth-order valence-electron chi connectivity index (χ4n) is 2.85. The predicted octanol–water partition coefficient (Wildman–Crippen LogP) is 2.29. The summed E-state index contributed by atoms with van der Waals surface area (Å²) in [6.07, 6.45) is 3.48. The number of nitrogens with zero attached hydrogens (tertiary/aromatic N) is 1. The summed E-state index contributed by atoms with van der Waals surface area (Å²) in [5.41, 5.74) is 1.85. The summed E-state index contributed by atoms with van der Waals surface area (Å²) in [5.74, 6) is 0.697. The second-order valence-corrected chi connectivity index (χ2v) is 6.45. The molecule has 7 heteroatoms. The first-order chi connectivity index (χ1) is 13.2. The number of rotatable bonds is 10. The van der Waals surface area contributed by atoms with E-state index in [1.165, 1.54) is 0 Å². The van der Waals surface area contributed by atoms with Crippen LogP contribution in [-0.4, -0.2) is 51.4 Å². The summed E-state index contributed by atoms with van der Waals surface area (Å²) in [5, 5.41) is 9.53. The summed E-state index contributed by atoms with van der Waals surface area (Å²) in [4.78, 5) is 16.4. The number of hydrogen-bond acceptors (Lipinski definition) is 4. The van der Waals surface area contributed by atoms with E-state index in [0.717, 1.165) is 62.7 Å². The lowest BCUT2D eigenvalue weighted by molar-refractivity contribution is -0.124. The van der Waals surface area contributed by atoms with Crippen LogP contribution in [0.15, 0.2) is 29.3 Å². The number of unbranched alkanes of at least 4 members (excludes halogenated alkanes) is 1. The van der Waals surface area contributed by atoms with Crippen molar-refractivity contribution in [3.63, 3.8) is 0 Å². The first kappa shape index (κ1) is 21.2. The first-order valence-electron chi connectivity index (χ1n) is 9.76. The molecule has 0 bridgehead atoms. The Hall–Kier alpha value is -2.12. The fourth-order valence-corrected chi connectivity index (χ4v) is 2.85. The third kappa shape index (κ3) is 7.97. The van der Waals surface area contributed by atoms with Gasteiger partial charge in [0, 0.05) is 45.6 Å². The zero-order valence-electron chi connectivity index (χ0n) is 16.4. The van der Waals surface area contributed by atoms with Gasteiger partial charge in [0.2, 0.25) is 0 Å². The Morgan fingerprint density at radius 3 is 2.96 bits per heavy atom. The van der Waals surface area contributed by atoms with Gasteiger partial charge in [-0.25, -0.2) is 0 Å².